The van der Waals surface area contributed by atoms with Gasteiger partial charge in [0.1, 0.15) is 18.1 Å². The van der Waals surface area contributed by atoms with Crippen molar-refractivity contribution in [2.75, 3.05) is 13.7 Å². The minimum Gasteiger partial charge on any atom is -0.497 e. The number of carbonyl (C=O) groups is 3. The predicted octanol–water partition coefficient (Wildman–Crippen LogP) is 4.28. The van der Waals surface area contributed by atoms with Gasteiger partial charge in [-0.2, -0.15) is 5.10 Å². The molecule has 5 unspecified atom stereocenters. The Morgan fingerprint density at radius 3 is 2.41 bits per heavy atom. The van der Waals surface area contributed by atoms with E-state index < -0.39 is 40.0 Å². The third-order valence-electron chi connectivity index (χ3n) is 13.1. The average Bonchev–Trinajstić information content (AvgIpc) is 3.67. The molecular formula is C40H47N3O8. The number of nitrogens with zero attached hydrogens (tertiary/aromatic N) is 1. The highest BCUT2D eigenvalue weighted by molar-refractivity contribution is 6.05. The minimum atomic E-state index is -1.29. The van der Waals surface area contributed by atoms with Crippen LogP contribution < -0.4 is 15.5 Å². The summed E-state index contributed by atoms with van der Waals surface area (Å²) in [4.78, 5) is 38.9. The number of hydrazone groups is 1. The molecule has 51 heavy (non-hydrogen) atoms. The van der Waals surface area contributed by atoms with Crippen LogP contribution in [0.15, 0.2) is 77.0 Å². The van der Waals surface area contributed by atoms with E-state index in [0.717, 1.165) is 12.0 Å². The van der Waals surface area contributed by atoms with Crippen molar-refractivity contribution in [1.29, 1.82) is 0 Å². The van der Waals surface area contributed by atoms with Gasteiger partial charge in [0.2, 0.25) is 0 Å². The maximum absolute atomic E-state index is 13.8. The van der Waals surface area contributed by atoms with Crippen LogP contribution in [0.3, 0.4) is 0 Å². The van der Waals surface area contributed by atoms with Gasteiger partial charge in [-0.1, -0.05) is 37.3 Å². The van der Waals surface area contributed by atoms with Crippen LogP contribution in [-0.2, 0) is 14.3 Å². The first-order chi connectivity index (χ1) is 24.4. The van der Waals surface area contributed by atoms with Crippen LogP contribution in [0.4, 0.5) is 0 Å². The Labute approximate surface area is 297 Å². The SMILES string of the molecule is COc1ccc(/C=C(\NC(=O)c2ccccc2)C(=O)N/N=C/C23CC[C@@H](O)CC2(O)CC[C@@H]2[C@@H]3CCC3(C)C(C4=CC(=O)OC4)CCC23O)cc1. The summed E-state index contributed by atoms with van der Waals surface area (Å²) in [6.45, 7) is 2.40. The second kappa shape index (κ2) is 13.3. The van der Waals surface area contributed by atoms with Gasteiger partial charge in [-0.15, -0.1) is 0 Å². The van der Waals surface area contributed by atoms with Crippen LogP contribution in [0, 0.1) is 28.6 Å². The number of rotatable bonds is 8. The highest BCUT2D eigenvalue weighted by Crippen LogP contribution is 2.70. The molecule has 1 heterocycles. The van der Waals surface area contributed by atoms with Crippen molar-refractivity contribution in [2.24, 2.45) is 33.7 Å². The number of amides is 2. The van der Waals surface area contributed by atoms with Crippen molar-refractivity contribution in [3.63, 3.8) is 0 Å². The molecule has 4 saturated carbocycles. The highest BCUT2D eigenvalue weighted by atomic mass is 16.5. The van der Waals surface area contributed by atoms with Crippen molar-refractivity contribution in [2.45, 2.75) is 82.0 Å². The number of nitrogens with one attached hydrogen (secondary N) is 2. The van der Waals surface area contributed by atoms with E-state index in [4.69, 9.17) is 9.47 Å². The number of hydrogen-bond acceptors (Lipinski definition) is 9. The maximum atomic E-state index is 13.8. The van der Waals surface area contributed by atoms with Crippen molar-refractivity contribution in [1.82, 2.24) is 10.7 Å². The third kappa shape index (κ3) is 5.98. The lowest BCUT2D eigenvalue weighted by Crippen LogP contribution is -2.68. The Morgan fingerprint density at radius 1 is 0.961 bits per heavy atom. The summed E-state index contributed by atoms with van der Waals surface area (Å²) in [5.41, 5.74) is 0.863. The zero-order valence-electron chi connectivity index (χ0n) is 29.1. The lowest BCUT2D eigenvalue weighted by atomic mass is 9.41. The summed E-state index contributed by atoms with van der Waals surface area (Å²) in [6, 6.07) is 15.6. The van der Waals surface area contributed by atoms with Gasteiger partial charge >= 0.3 is 5.97 Å². The standard InChI is InChI=1S/C40H47N3O8/c1-37-16-13-31-32(40(37,49)19-15-30(37)27-21-34(45)51-23-27)14-18-39(48)22-28(44)12-17-38(31,39)24-41-43-36(47)33(20-25-8-10-29(50-2)11-9-25)42-35(46)26-6-4-3-5-7-26/h3-11,20-21,24,28,30-32,44,48-49H,12-19,22-23H2,1-2H3,(H,42,46)(H,43,47)/b33-20-,41-24+/t28-,30?,31+,32-,37?,38?,39?,40?/m1/s1. The molecule has 4 fully saturated rings. The fourth-order valence-corrected chi connectivity index (χ4v) is 10.4. The monoisotopic (exact) mass is 697 g/mol. The molecule has 0 bridgehead atoms. The van der Waals surface area contributed by atoms with E-state index in [1.165, 1.54) is 0 Å². The first-order valence-electron chi connectivity index (χ1n) is 18.0. The minimum absolute atomic E-state index is 0.0230. The lowest BCUT2D eigenvalue weighted by molar-refractivity contribution is -0.237. The van der Waals surface area contributed by atoms with Gasteiger partial charge in [0.25, 0.3) is 11.8 Å². The molecule has 0 aromatic heterocycles. The quantitative estimate of drug-likeness (QED) is 0.118. The first-order valence-corrected chi connectivity index (χ1v) is 18.0. The van der Waals surface area contributed by atoms with Crippen molar-refractivity contribution < 1.29 is 39.2 Å². The number of aliphatic hydroxyl groups is 3. The molecule has 11 heteroatoms. The van der Waals surface area contributed by atoms with Crippen molar-refractivity contribution in [3.8, 4) is 5.75 Å². The summed E-state index contributed by atoms with van der Waals surface area (Å²) >= 11 is 0. The van der Waals surface area contributed by atoms with E-state index in [0.29, 0.717) is 61.8 Å². The van der Waals surface area contributed by atoms with Gasteiger partial charge in [-0.3, -0.25) is 9.59 Å². The van der Waals surface area contributed by atoms with E-state index in [1.807, 2.05) is 0 Å². The van der Waals surface area contributed by atoms with Crippen LogP contribution >= 0.6 is 0 Å². The van der Waals surface area contributed by atoms with E-state index >= 15 is 0 Å². The van der Waals surface area contributed by atoms with Gasteiger partial charge in [0.15, 0.2) is 0 Å². The topological polar surface area (TPSA) is 167 Å². The average molecular weight is 698 g/mol. The molecular weight excluding hydrogens is 650 g/mol. The molecule has 270 valence electrons. The molecule has 4 aliphatic carbocycles. The molecule has 5 N–H and O–H groups in total. The predicted molar refractivity (Wildman–Crippen MR) is 189 cm³/mol. The molecule has 2 aromatic rings. The Kier molecular flexibility index (Phi) is 9.18. The molecule has 0 radical (unpaired) electrons. The Balaban J connectivity index is 1.18. The number of aliphatic hydroxyl groups excluding tert-OH is 1. The van der Waals surface area contributed by atoms with Gasteiger partial charge in [0.05, 0.1) is 24.4 Å². The Morgan fingerprint density at radius 2 is 1.71 bits per heavy atom. The van der Waals surface area contributed by atoms with Crippen molar-refractivity contribution in [3.05, 3.63) is 83.1 Å². The number of methoxy groups -OCH3 is 1. The molecule has 2 amide bonds. The number of benzene rings is 2. The Hall–Kier alpha value is -4.32. The number of fused-ring (bicyclic) bond motifs is 5. The van der Waals surface area contributed by atoms with Crippen LogP contribution in [0.25, 0.3) is 6.08 Å². The molecule has 7 rings (SSSR count). The van der Waals surface area contributed by atoms with Gasteiger partial charge < -0.3 is 30.1 Å². The van der Waals surface area contributed by atoms with Gasteiger partial charge in [0, 0.05) is 35.1 Å². The molecule has 0 saturated heterocycles. The number of esters is 1. The van der Waals surface area contributed by atoms with Crippen LogP contribution in [0.1, 0.15) is 80.6 Å². The smallest absolute Gasteiger partial charge is 0.331 e. The van der Waals surface area contributed by atoms with E-state index in [-0.39, 0.29) is 42.4 Å². The normalized spacial score (nSPS) is 36.0. The van der Waals surface area contributed by atoms with Crippen LogP contribution in [-0.4, -0.2) is 70.3 Å². The van der Waals surface area contributed by atoms with Crippen LogP contribution in [0.2, 0.25) is 0 Å². The zero-order valence-corrected chi connectivity index (χ0v) is 29.1. The second-order valence-corrected chi connectivity index (χ2v) is 15.4. The highest BCUT2D eigenvalue weighted by Gasteiger charge is 2.71. The van der Waals surface area contributed by atoms with E-state index in [9.17, 15) is 29.7 Å². The lowest BCUT2D eigenvalue weighted by Gasteiger charge is -2.65. The van der Waals surface area contributed by atoms with Gasteiger partial charge in [-0.25, -0.2) is 10.2 Å². The number of cyclic esters (lactones) is 1. The maximum Gasteiger partial charge on any atom is 0.331 e. The third-order valence-corrected chi connectivity index (χ3v) is 13.1. The van der Waals surface area contributed by atoms with Gasteiger partial charge in [-0.05, 0) is 111 Å². The Bertz CT molecular complexity index is 1780. The van der Waals surface area contributed by atoms with Crippen molar-refractivity contribution >= 4 is 30.1 Å². The molecule has 2 aromatic carbocycles. The first kappa shape index (κ1) is 35.1. The molecule has 8 atom stereocenters. The number of ether oxygens (including phenoxy) is 2. The van der Waals surface area contributed by atoms with E-state index in [2.05, 4.69) is 22.8 Å². The fraction of sp³-hybridized carbons (Fsp3) is 0.500. The second-order valence-electron chi connectivity index (χ2n) is 15.4. The largest absolute Gasteiger partial charge is 0.497 e. The summed E-state index contributed by atoms with van der Waals surface area (Å²) in [6.07, 6.45) is 8.86. The number of carbonyl (C=O) groups excluding carboxylic acids is 3. The summed E-state index contributed by atoms with van der Waals surface area (Å²) in [5, 5.41) is 43.0. The molecule has 5 aliphatic rings. The van der Waals surface area contributed by atoms with E-state index in [1.54, 1.807) is 80.1 Å². The summed E-state index contributed by atoms with van der Waals surface area (Å²) < 4.78 is 10.5. The fourth-order valence-electron chi connectivity index (χ4n) is 10.4. The molecule has 0 spiro atoms. The number of hydrogen-bond donors (Lipinski definition) is 5. The molecule has 1 aliphatic heterocycles. The van der Waals surface area contributed by atoms with Crippen LogP contribution in [0.5, 0.6) is 5.75 Å². The molecule has 11 nitrogen and oxygen atoms in total. The summed E-state index contributed by atoms with van der Waals surface area (Å²) in [5.74, 6) is -1.10. The zero-order chi connectivity index (χ0) is 36.0. The summed E-state index contributed by atoms with van der Waals surface area (Å²) in [7, 11) is 1.56.